The van der Waals surface area contributed by atoms with Gasteiger partial charge in [0.2, 0.25) is 0 Å². The van der Waals surface area contributed by atoms with E-state index in [1.807, 2.05) is 12.1 Å². The van der Waals surface area contributed by atoms with Gasteiger partial charge < -0.3 is 15.2 Å². The highest BCUT2D eigenvalue weighted by Crippen LogP contribution is 2.34. The third kappa shape index (κ3) is 4.86. The number of halogens is 2. The van der Waals surface area contributed by atoms with Crippen LogP contribution in [0.15, 0.2) is 24.8 Å². The Kier molecular flexibility index (Phi) is 7.13. The maximum atomic E-state index is 8.66. The second-order valence-corrected chi connectivity index (χ2v) is 4.56. The second-order valence-electron chi connectivity index (χ2n) is 3.74. The van der Waals surface area contributed by atoms with Crippen molar-refractivity contribution in [1.29, 1.82) is 0 Å². The van der Waals surface area contributed by atoms with Crippen LogP contribution in [-0.2, 0) is 6.54 Å². The molecule has 5 heteroatoms. The third-order valence-corrected chi connectivity index (χ3v) is 2.81. The molecule has 0 fully saturated rings. The first-order valence-electron chi connectivity index (χ1n) is 5.72. The zero-order chi connectivity index (χ0) is 13.4. The van der Waals surface area contributed by atoms with Crippen molar-refractivity contribution in [2.24, 2.45) is 0 Å². The molecule has 100 valence electrons. The highest BCUT2D eigenvalue weighted by atomic mass is 35.5. The van der Waals surface area contributed by atoms with Gasteiger partial charge in [-0.15, -0.1) is 0 Å². The number of rotatable bonds is 8. The Hall–Kier alpha value is -0.740. The van der Waals surface area contributed by atoms with Crippen molar-refractivity contribution >= 4 is 23.2 Å². The molecule has 1 rings (SSSR count). The molecule has 0 saturated heterocycles. The number of hydrogen-bond acceptors (Lipinski definition) is 3. The molecular formula is C13H17Cl2NO2. The second kappa shape index (κ2) is 8.38. The number of nitrogens with one attached hydrogen (secondary N) is 1. The first-order valence-corrected chi connectivity index (χ1v) is 6.47. The summed E-state index contributed by atoms with van der Waals surface area (Å²) in [5, 5.41) is 12.8. The lowest BCUT2D eigenvalue weighted by Gasteiger charge is -2.11. The van der Waals surface area contributed by atoms with Gasteiger partial charge in [-0.05, 0) is 30.7 Å². The van der Waals surface area contributed by atoms with E-state index in [2.05, 4.69) is 11.9 Å². The number of aliphatic hydroxyl groups excluding tert-OH is 1. The van der Waals surface area contributed by atoms with Crippen molar-refractivity contribution in [1.82, 2.24) is 5.32 Å². The molecule has 0 aromatic heterocycles. The Morgan fingerprint density at radius 1 is 1.33 bits per heavy atom. The van der Waals surface area contributed by atoms with Gasteiger partial charge in [-0.2, -0.15) is 0 Å². The van der Waals surface area contributed by atoms with E-state index in [9.17, 15) is 0 Å². The van der Waals surface area contributed by atoms with Crippen LogP contribution < -0.4 is 10.1 Å². The Balaban J connectivity index is 2.64. The third-order valence-electron chi connectivity index (χ3n) is 2.24. The summed E-state index contributed by atoms with van der Waals surface area (Å²) < 4.78 is 5.38. The maximum Gasteiger partial charge on any atom is 0.156 e. The van der Waals surface area contributed by atoms with Gasteiger partial charge in [0.05, 0.1) is 10.0 Å². The minimum Gasteiger partial charge on any atom is -0.486 e. The first kappa shape index (κ1) is 15.3. The highest BCUT2D eigenvalue weighted by Gasteiger charge is 2.09. The van der Waals surface area contributed by atoms with Crippen LogP contribution >= 0.6 is 23.2 Å². The molecule has 0 saturated carbocycles. The van der Waals surface area contributed by atoms with Crippen LogP contribution in [0.5, 0.6) is 5.75 Å². The summed E-state index contributed by atoms with van der Waals surface area (Å²) in [6, 6.07) is 3.63. The molecule has 0 bridgehead atoms. The fraction of sp³-hybridized carbons (Fsp3) is 0.385. The van der Waals surface area contributed by atoms with E-state index in [1.54, 1.807) is 6.08 Å². The Morgan fingerprint density at radius 2 is 2.00 bits per heavy atom. The van der Waals surface area contributed by atoms with Gasteiger partial charge in [-0.25, -0.2) is 0 Å². The summed E-state index contributed by atoms with van der Waals surface area (Å²) >= 11 is 12.2. The van der Waals surface area contributed by atoms with Crippen LogP contribution in [-0.4, -0.2) is 24.9 Å². The fourth-order valence-electron chi connectivity index (χ4n) is 1.43. The van der Waals surface area contributed by atoms with E-state index in [0.717, 1.165) is 18.5 Å². The molecule has 0 radical (unpaired) electrons. The van der Waals surface area contributed by atoms with Crippen molar-refractivity contribution in [2.75, 3.05) is 19.8 Å². The minimum atomic E-state index is 0.183. The zero-order valence-electron chi connectivity index (χ0n) is 10.1. The molecule has 0 atom stereocenters. The standard InChI is InChI=1S/C13H17Cl2NO2/c1-2-6-18-13-11(14)7-10(8-12(13)15)9-16-4-3-5-17/h2,7-8,16-17H,1,3-6,9H2. The quantitative estimate of drug-likeness (QED) is 0.571. The van der Waals surface area contributed by atoms with Crippen LogP contribution in [0.4, 0.5) is 0 Å². The van der Waals surface area contributed by atoms with Crippen molar-refractivity contribution < 1.29 is 9.84 Å². The highest BCUT2D eigenvalue weighted by molar-refractivity contribution is 6.37. The van der Waals surface area contributed by atoms with E-state index < -0.39 is 0 Å². The Labute approximate surface area is 117 Å². The molecule has 0 amide bonds. The largest absolute Gasteiger partial charge is 0.486 e. The van der Waals surface area contributed by atoms with Gasteiger partial charge in [-0.3, -0.25) is 0 Å². The van der Waals surface area contributed by atoms with Gasteiger partial charge in [-0.1, -0.05) is 35.9 Å². The van der Waals surface area contributed by atoms with Gasteiger partial charge in [0, 0.05) is 13.2 Å². The van der Waals surface area contributed by atoms with Gasteiger partial charge in [0.1, 0.15) is 6.61 Å². The van der Waals surface area contributed by atoms with Gasteiger partial charge in [0.15, 0.2) is 5.75 Å². The van der Waals surface area contributed by atoms with Crippen LogP contribution in [0.3, 0.4) is 0 Å². The molecule has 1 aromatic rings. The molecule has 0 heterocycles. The lowest BCUT2D eigenvalue weighted by molar-refractivity contribution is 0.286. The van der Waals surface area contributed by atoms with Crippen LogP contribution in [0.2, 0.25) is 10.0 Å². The average Bonchev–Trinajstić information content (AvgIpc) is 2.34. The van der Waals surface area contributed by atoms with Crippen LogP contribution in [0, 0.1) is 0 Å². The summed E-state index contributed by atoms with van der Waals surface area (Å²) in [5.74, 6) is 0.484. The topological polar surface area (TPSA) is 41.5 Å². The normalized spacial score (nSPS) is 10.4. The molecule has 2 N–H and O–H groups in total. The van der Waals surface area contributed by atoms with Gasteiger partial charge in [0.25, 0.3) is 0 Å². The SMILES string of the molecule is C=CCOc1c(Cl)cc(CNCCCO)cc1Cl. The van der Waals surface area contributed by atoms with E-state index >= 15 is 0 Å². The number of benzene rings is 1. The molecule has 1 aromatic carbocycles. The molecule has 3 nitrogen and oxygen atoms in total. The summed E-state index contributed by atoms with van der Waals surface area (Å²) in [5.41, 5.74) is 0.980. The van der Waals surface area contributed by atoms with Crippen molar-refractivity contribution in [3.63, 3.8) is 0 Å². The number of hydrogen-bond donors (Lipinski definition) is 2. The summed E-state index contributed by atoms with van der Waals surface area (Å²) in [6.07, 6.45) is 2.36. The Morgan fingerprint density at radius 3 is 2.56 bits per heavy atom. The Bertz CT molecular complexity index is 374. The van der Waals surface area contributed by atoms with Crippen molar-refractivity contribution in [2.45, 2.75) is 13.0 Å². The molecule has 0 aliphatic rings. The average molecular weight is 290 g/mol. The van der Waals surface area contributed by atoms with Crippen molar-refractivity contribution in [3.05, 3.63) is 40.4 Å². The van der Waals surface area contributed by atoms with E-state index in [1.165, 1.54) is 0 Å². The van der Waals surface area contributed by atoms with Crippen LogP contribution in [0.25, 0.3) is 0 Å². The predicted octanol–water partition coefficient (Wildman–Crippen LogP) is 3.03. The summed E-state index contributed by atoms with van der Waals surface area (Å²) in [7, 11) is 0. The first-order chi connectivity index (χ1) is 8.69. The van der Waals surface area contributed by atoms with Crippen molar-refractivity contribution in [3.8, 4) is 5.75 Å². The van der Waals surface area contributed by atoms with Crippen LogP contribution in [0.1, 0.15) is 12.0 Å². The monoisotopic (exact) mass is 289 g/mol. The number of ether oxygens (including phenoxy) is 1. The molecule has 0 aliphatic carbocycles. The maximum absolute atomic E-state index is 8.66. The predicted molar refractivity (Wildman–Crippen MR) is 75.6 cm³/mol. The van der Waals surface area contributed by atoms with E-state index in [0.29, 0.717) is 28.9 Å². The molecule has 18 heavy (non-hydrogen) atoms. The van der Waals surface area contributed by atoms with Gasteiger partial charge >= 0.3 is 0 Å². The zero-order valence-corrected chi connectivity index (χ0v) is 11.6. The summed E-state index contributed by atoms with van der Waals surface area (Å²) in [6.45, 7) is 5.53. The summed E-state index contributed by atoms with van der Waals surface area (Å²) in [4.78, 5) is 0. The molecule has 0 aliphatic heterocycles. The molecular weight excluding hydrogens is 273 g/mol. The van der Waals surface area contributed by atoms with E-state index in [4.69, 9.17) is 33.0 Å². The minimum absolute atomic E-state index is 0.183. The fourth-order valence-corrected chi connectivity index (χ4v) is 2.07. The number of aliphatic hydroxyl groups is 1. The van der Waals surface area contributed by atoms with E-state index in [-0.39, 0.29) is 6.61 Å². The molecule has 0 spiro atoms. The lowest BCUT2D eigenvalue weighted by atomic mass is 10.2. The smallest absolute Gasteiger partial charge is 0.156 e. The lowest BCUT2D eigenvalue weighted by Crippen LogP contribution is -2.15. The molecule has 0 unspecified atom stereocenters.